The SMILES string of the molecule is COc1cccc2c1C(=O)c1c(O)c3c(c(O)c1C2=O)C[C@@](CO)(C(=O)CO)CC3OC1CC(NCCCC2OCCN2C(=O)OCc2ccc(O[C@@H]3O[C@H](C(=O)O)[C@@H](O)[C@H](O)[C@H]3O)c(NC(=O)CCNC(=O)CCCCCN3C(=O)C=CC3=O)c2)C(O)C(C)O1. The number of nitrogens with one attached hydrogen (secondary N) is 3. The Hall–Kier alpha value is -8.01. The van der Waals surface area contributed by atoms with Gasteiger partial charge in [-0.2, -0.15) is 0 Å². The standard InChI is InChI=1S/C61H73N5O25/c1-29-49(74)34(23-44(88-29)89-37-25-61(28-68,38(69)26-67)24-32-46(37)53(78)48-47(51(32)76)50(75)31-8-6-9-36(85-2)45(31)52(48)77)62-17-7-11-43-66(20-21-86-43)60(84)87-27-30-12-13-35(90-59-56(81)54(79)55(80)57(91-59)58(82)83)33(22-30)64-40(71)16-18-63-39(70)10-4-3-5-19-65-41(72)14-15-42(65)73/h6,8-9,12-15,22,29,34,37,43-44,49,54-57,59,62,67-68,74,76,78-81H,3-5,7,10-11,16-21,23-28H2,1-2H3,(H,63,70)(H,64,71)(H,82,83)/t29?,34?,37?,43?,44?,49?,54-,55-,56+,57-,59+,61+/m0/s1. The normalized spacial score (nSPS) is 26.8. The van der Waals surface area contributed by atoms with Crippen molar-refractivity contribution in [2.45, 2.75) is 145 Å². The number of fused-ring (bicyclic) bond motifs is 3. The van der Waals surface area contributed by atoms with Crippen LogP contribution in [0.15, 0.2) is 48.6 Å². The van der Waals surface area contributed by atoms with Crippen LogP contribution in [0.5, 0.6) is 23.0 Å². The molecule has 91 heavy (non-hydrogen) atoms. The van der Waals surface area contributed by atoms with E-state index in [1.165, 1.54) is 60.6 Å². The zero-order chi connectivity index (χ0) is 65.6. The topological polar surface area (TPSA) is 443 Å². The van der Waals surface area contributed by atoms with Crippen molar-refractivity contribution in [3.05, 3.63) is 87.5 Å². The van der Waals surface area contributed by atoms with E-state index in [4.69, 9.17) is 33.2 Å². The summed E-state index contributed by atoms with van der Waals surface area (Å²) >= 11 is 0. The number of carbonyl (C=O) groups is 9. The highest BCUT2D eigenvalue weighted by atomic mass is 16.7. The number of carboxylic acids is 1. The number of aliphatic hydroxyl groups excluding tert-OH is 6. The van der Waals surface area contributed by atoms with Gasteiger partial charge in [0.1, 0.15) is 60.8 Å². The number of methoxy groups -OCH3 is 1. The number of aliphatic hydroxyl groups is 6. The van der Waals surface area contributed by atoms with Crippen LogP contribution in [-0.4, -0.2) is 223 Å². The number of phenolic OH excluding ortho intramolecular Hbond substituents is 2. The monoisotopic (exact) mass is 1280 g/mol. The Morgan fingerprint density at radius 1 is 0.802 bits per heavy atom. The first kappa shape index (κ1) is 67.4. The van der Waals surface area contributed by atoms with Gasteiger partial charge in [0.25, 0.3) is 11.8 Å². The Morgan fingerprint density at radius 2 is 1.55 bits per heavy atom. The number of Topliss-reactive ketones (excluding diaryl/α,β-unsaturated/α-hetero) is 1. The van der Waals surface area contributed by atoms with Gasteiger partial charge in [0, 0.05) is 67.2 Å². The molecule has 492 valence electrons. The average molecular weight is 1280 g/mol. The molecule has 0 saturated carbocycles. The Kier molecular flexibility index (Phi) is 21.5. The third kappa shape index (κ3) is 14.4. The summed E-state index contributed by atoms with van der Waals surface area (Å²) in [6.45, 7) is 0.0140. The minimum absolute atomic E-state index is 0.0406. The van der Waals surface area contributed by atoms with E-state index < -0.39 is 162 Å². The van der Waals surface area contributed by atoms with Crippen LogP contribution in [0.4, 0.5) is 10.5 Å². The first-order chi connectivity index (χ1) is 43.5. The highest BCUT2D eigenvalue weighted by Gasteiger charge is 2.52. The largest absolute Gasteiger partial charge is 0.507 e. The van der Waals surface area contributed by atoms with Crippen molar-refractivity contribution in [3.63, 3.8) is 0 Å². The van der Waals surface area contributed by atoms with Gasteiger partial charge in [-0.3, -0.25) is 43.4 Å². The summed E-state index contributed by atoms with van der Waals surface area (Å²) in [5, 5.41) is 106. The van der Waals surface area contributed by atoms with Gasteiger partial charge >= 0.3 is 12.1 Å². The van der Waals surface area contributed by atoms with Gasteiger partial charge in [-0.1, -0.05) is 24.6 Å². The number of hydrogen-bond acceptors (Lipinski definition) is 25. The molecule has 2 aliphatic carbocycles. The third-order valence-electron chi connectivity index (χ3n) is 17.1. The molecule has 0 spiro atoms. The third-order valence-corrected chi connectivity index (χ3v) is 17.1. The minimum Gasteiger partial charge on any atom is -0.507 e. The molecule has 4 aliphatic heterocycles. The van der Waals surface area contributed by atoms with Gasteiger partial charge in [-0.15, -0.1) is 0 Å². The van der Waals surface area contributed by atoms with Crippen molar-refractivity contribution in [2.24, 2.45) is 5.41 Å². The van der Waals surface area contributed by atoms with Gasteiger partial charge in [0.05, 0.1) is 73.0 Å². The van der Waals surface area contributed by atoms with Gasteiger partial charge in [0.2, 0.25) is 23.9 Å². The number of amides is 5. The van der Waals surface area contributed by atoms with Gasteiger partial charge in [-0.05, 0) is 75.8 Å². The maximum Gasteiger partial charge on any atom is 0.412 e. The summed E-state index contributed by atoms with van der Waals surface area (Å²) in [5.41, 5.74) is -3.19. The summed E-state index contributed by atoms with van der Waals surface area (Å²) in [4.78, 5) is 119. The lowest BCUT2D eigenvalue weighted by Crippen LogP contribution is -2.61. The van der Waals surface area contributed by atoms with Crippen molar-refractivity contribution in [1.29, 1.82) is 0 Å². The predicted octanol–water partition coefficient (Wildman–Crippen LogP) is -0.144. The van der Waals surface area contributed by atoms with E-state index in [0.717, 1.165) is 4.90 Å². The number of aliphatic carboxylic acids is 1. The zero-order valence-corrected chi connectivity index (χ0v) is 49.6. The number of aromatic hydroxyl groups is 2. The van der Waals surface area contributed by atoms with Crippen molar-refractivity contribution in [2.75, 3.05) is 58.4 Å². The number of imide groups is 1. The maximum atomic E-state index is 14.2. The number of hydrogen-bond donors (Lipinski definition) is 12. The number of ether oxygens (including phenoxy) is 7. The molecule has 6 unspecified atom stereocenters. The lowest BCUT2D eigenvalue weighted by Gasteiger charge is -2.44. The number of benzene rings is 3. The molecule has 9 rings (SSSR count). The van der Waals surface area contributed by atoms with Crippen LogP contribution in [-0.2, 0) is 65.5 Å². The van der Waals surface area contributed by atoms with Crippen molar-refractivity contribution in [3.8, 4) is 23.0 Å². The van der Waals surface area contributed by atoms with Gasteiger partial charge < -0.3 is 95.1 Å². The van der Waals surface area contributed by atoms with Gasteiger partial charge in [-0.25, -0.2) is 9.59 Å². The summed E-state index contributed by atoms with van der Waals surface area (Å²) in [6, 6.07) is 7.66. The fourth-order valence-electron chi connectivity index (χ4n) is 12.1. The van der Waals surface area contributed by atoms with Crippen molar-refractivity contribution >= 4 is 58.7 Å². The Bertz CT molecular complexity index is 3320. The molecule has 0 bridgehead atoms. The number of rotatable bonds is 26. The molecule has 5 amide bonds. The number of ketones is 3. The fraction of sp³-hybridized carbons (Fsp3) is 0.525. The smallest absolute Gasteiger partial charge is 0.412 e. The van der Waals surface area contributed by atoms with Crippen molar-refractivity contribution < 1.29 is 122 Å². The van der Waals surface area contributed by atoms with Gasteiger partial charge in [0.15, 0.2) is 24.0 Å². The number of unbranched alkanes of at least 4 members (excludes halogenated alkanes) is 2. The zero-order valence-electron chi connectivity index (χ0n) is 49.6. The lowest BCUT2D eigenvalue weighted by molar-refractivity contribution is -0.271. The van der Waals surface area contributed by atoms with E-state index in [2.05, 4.69) is 16.0 Å². The molecular formula is C61H73N5O25. The molecule has 3 saturated heterocycles. The molecule has 0 radical (unpaired) electrons. The Balaban J connectivity index is 0.806. The second kappa shape index (κ2) is 29.1. The van der Waals surface area contributed by atoms with E-state index >= 15 is 0 Å². The molecule has 12 N–H and O–H groups in total. The second-order valence-electron chi connectivity index (χ2n) is 23.0. The fourth-order valence-corrected chi connectivity index (χ4v) is 12.1. The Labute approximate surface area is 519 Å². The minimum atomic E-state index is -2.02. The Morgan fingerprint density at radius 3 is 2.26 bits per heavy atom. The molecule has 4 heterocycles. The van der Waals surface area contributed by atoms with E-state index in [1.54, 1.807) is 6.92 Å². The number of anilines is 1. The maximum absolute atomic E-state index is 14.2. The van der Waals surface area contributed by atoms with Crippen LogP contribution in [0.1, 0.15) is 119 Å². The molecule has 3 aromatic rings. The average Bonchev–Trinajstić information content (AvgIpc) is 1.10. The first-order valence-corrected chi connectivity index (χ1v) is 29.7. The lowest BCUT2D eigenvalue weighted by atomic mass is 9.66. The predicted molar refractivity (Wildman–Crippen MR) is 308 cm³/mol. The second-order valence-corrected chi connectivity index (χ2v) is 23.0. The molecule has 30 heteroatoms. The van der Waals surface area contributed by atoms with Crippen molar-refractivity contribution in [1.82, 2.24) is 20.4 Å². The highest BCUT2D eigenvalue weighted by Crippen LogP contribution is 2.55. The van der Waals surface area contributed by atoms with E-state index in [-0.39, 0.29) is 117 Å². The molecule has 0 aromatic heterocycles. The van der Waals surface area contributed by atoms with Crippen LogP contribution in [0.2, 0.25) is 0 Å². The number of carbonyl (C=O) groups excluding carboxylic acids is 8. The van der Waals surface area contributed by atoms with E-state index in [9.17, 15) is 89.1 Å². The molecule has 3 fully saturated rings. The van der Waals surface area contributed by atoms with Crippen LogP contribution >= 0.6 is 0 Å². The number of carboxylic acid groups (broad SMARTS) is 1. The summed E-state index contributed by atoms with van der Waals surface area (Å²) in [7, 11) is 1.30. The quantitative estimate of drug-likeness (QED) is 0.0221. The summed E-state index contributed by atoms with van der Waals surface area (Å²) < 4.78 is 40.6. The summed E-state index contributed by atoms with van der Waals surface area (Å²) in [5.74, 6) is -7.53. The first-order valence-electron chi connectivity index (χ1n) is 29.7. The van der Waals surface area contributed by atoms with Crippen LogP contribution < -0.4 is 25.4 Å². The van der Waals surface area contributed by atoms with E-state index in [0.29, 0.717) is 31.2 Å². The highest BCUT2D eigenvalue weighted by molar-refractivity contribution is 6.31. The molecule has 6 aliphatic rings. The van der Waals surface area contributed by atoms with Crippen LogP contribution in [0.3, 0.4) is 0 Å². The molecule has 3 aromatic carbocycles. The summed E-state index contributed by atoms with van der Waals surface area (Å²) in [6.07, 6.45) is -12.5. The molecular weight excluding hydrogens is 1200 g/mol. The molecule has 12 atom stereocenters. The number of phenols is 2. The molecule has 30 nitrogen and oxygen atoms in total. The van der Waals surface area contributed by atoms with Crippen LogP contribution in [0, 0.1) is 5.41 Å². The van der Waals surface area contributed by atoms with E-state index in [1.807, 2.05) is 0 Å². The number of nitrogens with zero attached hydrogens (tertiary/aromatic N) is 2. The van der Waals surface area contributed by atoms with Crippen LogP contribution in [0.25, 0.3) is 0 Å².